The lowest BCUT2D eigenvalue weighted by atomic mass is 10.5. The molecule has 0 spiro atoms. The highest BCUT2D eigenvalue weighted by molar-refractivity contribution is 5.64. The predicted octanol–water partition coefficient (Wildman–Crippen LogP) is 0.0183. The summed E-state index contributed by atoms with van der Waals surface area (Å²) >= 11 is 0. The first kappa shape index (κ1) is 18.1. The Labute approximate surface area is 82.3 Å². The molecule has 0 heterocycles. The van der Waals surface area contributed by atoms with E-state index in [9.17, 15) is 9.59 Å². The topological polar surface area (TPSA) is 122 Å². The van der Waals surface area contributed by atoms with Gasteiger partial charge in [-0.05, 0) is 6.42 Å². The summed E-state index contributed by atoms with van der Waals surface area (Å²) in [6.07, 6.45) is -0.616. The van der Waals surface area contributed by atoms with E-state index in [0.29, 0.717) is 6.61 Å². The predicted molar refractivity (Wildman–Crippen MR) is 49.5 cm³/mol. The number of rotatable bonds is 2. The number of nitrogens with two attached hydrogens (primary N) is 2. The number of carbonyl (C=O) groups is 3. The lowest BCUT2D eigenvalue weighted by molar-refractivity contribution is -0.0980. The molecule has 0 bridgehead atoms. The second kappa shape index (κ2) is 17.3. The van der Waals surface area contributed by atoms with Crippen LogP contribution in [0.5, 0.6) is 0 Å². The van der Waals surface area contributed by atoms with E-state index in [1.807, 2.05) is 13.7 Å². The van der Waals surface area contributed by atoms with Crippen molar-refractivity contribution in [2.75, 3.05) is 13.7 Å². The van der Waals surface area contributed by atoms with Gasteiger partial charge in [0.1, 0.15) is 6.79 Å². The summed E-state index contributed by atoms with van der Waals surface area (Å²) < 4.78 is 8.22. The zero-order chi connectivity index (χ0) is 12.0. The molecular formula is C7H16N2O5. The maximum Gasteiger partial charge on any atom is 0.404 e. The third kappa shape index (κ3) is 48.9. The van der Waals surface area contributed by atoms with Gasteiger partial charge in [-0.2, -0.15) is 0 Å². The van der Waals surface area contributed by atoms with Gasteiger partial charge in [0.05, 0.1) is 13.7 Å². The number of ether oxygens (including phenoxy) is 2. The van der Waals surface area contributed by atoms with Gasteiger partial charge in [0.25, 0.3) is 0 Å². The van der Waals surface area contributed by atoms with Crippen LogP contribution in [0.25, 0.3) is 0 Å². The molecule has 0 saturated heterocycles. The average molecular weight is 208 g/mol. The fourth-order valence-electron chi connectivity index (χ4n) is 0.203. The number of hydrogen-bond donors (Lipinski definition) is 2. The van der Waals surface area contributed by atoms with Crippen LogP contribution >= 0.6 is 0 Å². The minimum absolute atomic E-state index is 0.426. The van der Waals surface area contributed by atoms with E-state index >= 15 is 0 Å². The molecule has 84 valence electrons. The van der Waals surface area contributed by atoms with Crippen LogP contribution in [-0.2, 0) is 14.3 Å². The summed E-state index contributed by atoms with van der Waals surface area (Å²) in [5.74, 6) is 0. The summed E-state index contributed by atoms with van der Waals surface area (Å²) in [5, 5.41) is 0. The molecule has 0 aliphatic heterocycles. The Morgan fingerprint density at radius 2 is 1.57 bits per heavy atom. The molecule has 7 heteroatoms. The van der Waals surface area contributed by atoms with Crippen molar-refractivity contribution in [2.24, 2.45) is 11.5 Å². The van der Waals surface area contributed by atoms with Gasteiger partial charge in [-0.25, -0.2) is 9.59 Å². The highest BCUT2D eigenvalue weighted by Gasteiger charge is 1.86. The molecule has 14 heavy (non-hydrogen) atoms. The van der Waals surface area contributed by atoms with Crippen molar-refractivity contribution in [3.05, 3.63) is 0 Å². The van der Waals surface area contributed by atoms with Gasteiger partial charge in [-0.1, -0.05) is 6.92 Å². The fourth-order valence-corrected chi connectivity index (χ4v) is 0.203. The van der Waals surface area contributed by atoms with Crippen LogP contribution in [0.15, 0.2) is 0 Å². The highest BCUT2D eigenvalue weighted by atomic mass is 16.5. The lowest BCUT2D eigenvalue weighted by Gasteiger charge is -1.93. The Bertz CT molecular complexity index is 151. The largest absolute Gasteiger partial charge is 0.453 e. The number of amides is 2. The van der Waals surface area contributed by atoms with Crippen LogP contribution < -0.4 is 11.5 Å². The van der Waals surface area contributed by atoms with Crippen molar-refractivity contribution in [1.82, 2.24) is 0 Å². The molecule has 0 aromatic heterocycles. The summed E-state index contributed by atoms with van der Waals surface area (Å²) in [6, 6.07) is 0. The van der Waals surface area contributed by atoms with E-state index in [-0.39, 0.29) is 0 Å². The Kier molecular flexibility index (Phi) is 22.4. The summed E-state index contributed by atoms with van der Waals surface area (Å²) in [4.78, 5) is 27.1. The summed E-state index contributed by atoms with van der Waals surface area (Å²) in [5.41, 5.74) is 9.05. The molecule has 0 aromatic rings. The van der Waals surface area contributed by atoms with Gasteiger partial charge < -0.3 is 25.7 Å². The molecule has 0 aliphatic carbocycles. The van der Waals surface area contributed by atoms with Crippen LogP contribution in [0, 0.1) is 0 Å². The van der Waals surface area contributed by atoms with Crippen molar-refractivity contribution < 1.29 is 23.9 Å². The van der Waals surface area contributed by atoms with E-state index in [1.54, 1.807) is 0 Å². The third-order valence-electron chi connectivity index (χ3n) is 0.650. The van der Waals surface area contributed by atoms with Crippen LogP contribution in [0.2, 0.25) is 0 Å². The van der Waals surface area contributed by atoms with Crippen LogP contribution in [0.3, 0.4) is 0 Å². The summed E-state index contributed by atoms with van der Waals surface area (Å²) in [7, 11) is 1.22. The monoisotopic (exact) mass is 208 g/mol. The number of methoxy groups -OCH3 is 1. The molecule has 0 fully saturated rings. The van der Waals surface area contributed by atoms with E-state index < -0.39 is 12.2 Å². The first-order valence-electron chi connectivity index (χ1n) is 3.59. The molecule has 0 unspecified atom stereocenters. The Balaban J connectivity index is -0.000000152. The average Bonchev–Trinajstić information content (AvgIpc) is 2.18. The maximum atomic E-state index is 9.76. The molecule has 0 radical (unpaired) electrons. The normalized spacial score (nSPS) is 6.71. The first-order valence-corrected chi connectivity index (χ1v) is 3.59. The summed E-state index contributed by atoms with van der Waals surface area (Å²) in [6.45, 7) is 4.33. The lowest BCUT2D eigenvalue weighted by Crippen LogP contribution is -2.12. The Hall–Kier alpha value is -1.79. The van der Waals surface area contributed by atoms with Crippen LogP contribution in [0.1, 0.15) is 13.3 Å². The zero-order valence-electron chi connectivity index (χ0n) is 8.32. The van der Waals surface area contributed by atoms with E-state index in [1.165, 1.54) is 7.11 Å². The quantitative estimate of drug-likeness (QED) is 0.662. The SMILES string of the molecule is C=O.CCCOC(N)=O.COC(N)=O. The Morgan fingerprint density at radius 1 is 1.21 bits per heavy atom. The number of hydrogen-bond acceptors (Lipinski definition) is 5. The van der Waals surface area contributed by atoms with Gasteiger partial charge in [0.15, 0.2) is 0 Å². The first-order chi connectivity index (χ1) is 6.54. The molecule has 0 rings (SSSR count). The minimum Gasteiger partial charge on any atom is -0.453 e. The van der Waals surface area contributed by atoms with Gasteiger partial charge in [0, 0.05) is 0 Å². The van der Waals surface area contributed by atoms with Crippen LogP contribution in [0.4, 0.5) is 9.59 Å². The second-order valence-corrected chi connectivity index (χ2v) is 1.69. The molecule has 0 saturated carbocycles. The van der Waals surface area contributed by atoms with E-state index in [4.69, 9.17) is 4.79 Å². The molecule has 2 amide bonds. The van der Waals surface area contributed by atoms with Crippen molar-refractivity contribution in [1.29, 1.82) is 0 Å². The zero-order valence-corrected chi connectivity index (χ0v) is 8.32. The molecule has 0 aromatic carbocycles. The number of carbonyl (C=O) groups excluding carboxylic acids is 3. The van der Waals surface area contributed by atoms with Gasteiger partial charge >= 0.3 is 12.2 Å². The van der Waals surface area contributed by atoms with E-state index in [0.717, 1.165) is 6.42 Å². The second-order valence-electron chi connectivity index (χ2n) is 1.69. The van der Waals surface area contributed by atoms with Crippen LogP contribution in [-0.4, -0.2) is 32.7 Å². The standard InChI is InChI=1S/C4H9NO2.C2H5NO2.CH2O/c1-2-3-7-4(5)6;1-5-2(3)4;1-2/h2-3H2,1H3,(H2,5,6);1H3,(H2,3,4);1H2. The van der Waals surface area contributed by atoms with Crippen molar-refractivity contribution in [3.8, 4) is 0 Å². The Morgan fingerprint density at radius 3 is 1.64 bits per heavy atom. The van der Waals surface area contributed by atoms with Crippen molar-refractivity contribution in [3.63, 3.8) is 0 Å². The molecule has 0 aliphatic rings. The van der Waals surface area contributed by atoms with Gasteiger partial charge in [0.2, 0.25) is 0 Å². The molecule has 0 atom stereocenters. The van der Waals surface area contributed by atoms with E-state index in [2.05, 4.69) is 20.9 Å². The fraction of sp³-hybridized carbons (Fsp3) is 0.571. The minimum atomic E-state index is -0.745. The maximum absolute atomic E-state index is 9.76. The van der Waals surface area contributed by atoms with Gasteiger partial charge in [-0.3, -0.25) is 0 Å². The molecule has 4 N–H and O–H groups in total. The van der Waals surface area contributed by atoms with Crippen molar-refractivity contribution in [2.45, 2.75) is 13.3 Å². The smallest absolute Gasteiger partial charge is 0.404 e. The third-order valence-corrected chi connectivity index (χ3v) is 0.650. The highest BCUT2D eigenvalue weighted by Crippen LogP contribution is 1.76. The van der Waals surface area contributed by atoms with Crippen molar-refractivity contribution >= 4 is 19.0 Å². The molecular weight excluding hydrogens is 192 g/mol. The van der Waals surface area contributed by atoms with Gasteiger partial charge in [-0.15, -0.1) is 0 Å². The number of primary amides is 2. The molecule has 7 nitrogen and oxygen atoms in total.